The number of carbonyl (C=O) groups excluding carboxylic acids is 1. The van der Waals surface area contributed by atoms with Crippen LogP contribution in [0.5, 0.6) is 0 Å². The van der Waals surface area contributed by atoms with E-state index in [4.69, 9.17) is 0 Å². The summed E-state index contributed by atoms with van der Waals surface area (Å²) < 4.78 is 157. The monoisotopic (exact) mass is 2300 g/mol. The fourth-order valence-corrected chi connectivity index (χ4v) is 6.91. The summed E-state index contributed by atoms with van der Waals surface area (Å²) in [6, 6.07) is 46.9. The minimum Gasteiger partial charge on any atom is -0.582 e. The molecular weight excluding hydrogens is 2240 g/mol. The molecule has 7 aromatic heterocycles. The number of ketones is 1. The van der Waals surface area contributed by atoms with E-state index < -0.39 is 63.8 Å². The molecule has 0 fully saturated rings. The van der Waals surface area contributed by atoms with Crippen LogP contribution in [0.25, 0.3) is 45.1 Å². The van der Waals surface area contributed by atoms with Crippen LogP contribution in [-0.2, 0) is 121 Å². The van der Waals surface area contributed by atoms with Crippen molar-refractivity contribution in [1.82, 2.24) is 54.9 Å². The van der Waals surface area contributed by atoms with Crippen molar-refractivity contribution >= 4 is 5.78 Å². The van der Waals surface area contributed by atoms with Gasteiger partial charge in [0.25, 0.3) is 0 Å². The minimum absolute atomic E-state index is 0. The molecule has 30 heteroatoms. The van der Waals surface area contributed by atoms with Gasteiger partial charge < -0.3 is 40.5 Å². The first-order valence-electron chi connectivity index (χ1n) is 28.2. The standard InChI is InChI=1S/C14H8F6N.2C11H6F2N.C11H20O2.C9H5F2N2.C9H7N2.2C3H3N2.2Ir.3Pt/c1-8-2-3-21-12(4-8)9-5-10(13(15,16)17)7-11(6-9)14(18,19)20;2*12-8-4-5-9(10(13)7-8)11-3-1-2-6-14-11;1-10(2,3)8(12)7-9(13)11(4,5)6;10-7-2-3-9(8(11)6-7)13-5-1-4-12-13;1-2-5-9(6-3-1)11-8-4-7-10-11;2*1-2-4-5-3-1;;;;;/h2-5,7H,1H3;2*1-4,6-7H;7,12H,1-6H3;1-2,4-6H;1-5,7-8H;2*1-3H;;;;;/q3*-1;;4*-1;;;;2*+2. The normalized spacial score (nSPS) is 10.5. The van der Waals surface area contributed by atoms with E-state index in [1.54, 1.807) is 122 Å². The van der Waals surface area contributed by atoms with E-state index in [1.807, 2.05) is 84.1 Å². The zero-order chi connectivity index (χ0) is 70.5. The van der Waals surface area contributed by atoms with E-state index >= 15 is 0 Å². The molecule has 0 spiro atoms. The Labute approximate surface area is 645 Å². The number of rotatable bonds is 6. The number of aryl methyl sites for hydroxylation is 1. The van der Waals surface area contributed by atoms with Crippen molar-refractivity contribution in [2.45, 2.75) is 60.8 Å². The van der Waals surface area contributed by atoms with Crippen LogP contribution in [0.2, 0.25) is 0 Å². The minimum atomic E-state index is -4.92. The number of para-hydroxylation sites is 1. The molecule has 5 aromatic carbocycles. The van der Waals surface area contributed by atoms with Gasteiger partial charge in [0.15, 0.2) is 5.78 Å². The van der Waals surface area contributed by atoms with E-state index in [9.17, 15) is 62.6 Å². The summed E-state index contributed by atoms with van der Waals surface area (Å²) in [7, 11) is 0. The zero-order valence-corrected chi connectivity index (χ0v) is 65.3. The molecule has 2 radical (unpaired) electrons. The van der Waals surface area contributed by atoms with Crippen molar-refractivity contribution in [3.05, 3.63) is 308 Å². The van der Waals surface area contributed by atoms with Crippen LogP contribution in [0, 0.1) is 83.0 Å². The zero-order valence-electron chi connectivity index (χ0n) is 53.7. The Morgan fingerprint density at radius 2 is 1.00 bits per heavy atom. The average molecular weight is 2290 g/mol. The Kier molecular flexibility index (Phi) is 42.3. The summed E-state index contributed by atoms with van der Waals surface area (Å²) in [5.74, 6) is -3.79. The number of hydrogen-bond acceptors (Lipinski definition) is 9. The molecule has 0 atom stereocenters. The van der Waals surface area contributed by atoms with E-state index in [2.05, 4.69) is 69.8 Å². The van der Waals surface area contributed by atoms with E-state index in [1.165, 1.54) is 29.2 Å². The van der Waals surface area contributed by atoms with Crippen molar-refractivity contribution in [2.75, 3.05) is 0 Å². The Morgan fingerprint density at radius 3 is 1.37 bits per heavy atom. The Hall–Kier alpha value is -7.88. The quantitative estimate of drug-likeness (QED) is 0.0729. The maximum Gasteiger partial charge on any atom is 2.00 e. The second kappa shape index (κ2) is 45.9. The van der Waals surface area contributed by atoms with Gasteiger partial charge in [0.1, 0.15) is 5.76 Å². The van der Waals surface area contributed by atoms with Gasteiger partial charge in [-0.2, -0.15) is 79.3 Å². The van der Waals surface area contributed by atoms with Gasteiger partial charge in [-0.05, 0) is 76.8 Å². The summed E-state index contributed by atoms with van der Waals surface area (Å²) in [5.41, 5.74) is -0.938. The average Bonchev–Trinajstić information content (AvgIpc) is 1.15. The molecule has 12 rings (SSSR count). The fourth-order valence-electron chi connectivity index (χ4n) is 6.91. The number of aliphatic hydroxyl groups is 1. The molecule has 1 N–H and O–H groups in total. The number of nitrogens with zero attached hydrogens (tertiary/aromatic N) is 11. The van der Waals surface area contributed by atoms with Crippen LogP contribution in [-0.4, -0.2) is 55.6 Å². The second-order valence-corrected chi connectivity index (χ2v) is 21.4. The largest absolute Gasteiger partial charge is 2.00 e. The van der Waals surface area contributed by atoms with E-state index in [0.29, 0.717) is 23.0 Å². The summed E-state index contributed by atoms with van der Waals surface area (Å²) in [4.78, 5) is 23.2. The number of halogens is 12. The molecule has 0 bridgehead atoms. The fraction of sp³-hybridized carbons (Fsp3) is 0.155. The maximum absolute atomic E-state index is 13.2. The Morgan fingerprint density at radius 1 is 0.515 bits per heavy atom. The smallest absolute Gasteiger partial charge is 0.582 e. The van der Waals surface area contributed by atoms with Crippen LogP contribution < -0.4 is 10.2 Å². The number of carbonyl (C=O) groups is 1. The van der Waals surface area contributed by atoms with Crippen LogP contribution in [0.3, 0.4) is 0 Å². The number of aliphatic hydroxyl groups excluding tert-OH is 1. The predicted molar refractivity (Wildman–Crippen MR) is 335 cm³/mol. The molecule has 0 amide bonds. The van der Waals surface area contributed by atoms with Gasteiger partial charge in [-0.3, -0.25) is 40.5 Å². The topological polar surface area (TPSA) is 166 Å². The Bertz CT molecular complexity index is 4070. The van der Waals surface area contributed by atoms with E-state index in [0.717, 1.165) is 42.1 Å². The molecular formula is C71H58F12Ir2N11O2Pt3-3. The van der Waals surface area contributed by atoms with Gasteiger partial charge in [-0.1, -0.05) is 113 Å². The summed E-state index contributed by atoms with van der Waals surface area (Å²) in [6.07, 6.45) is 9.22. The molecule has 0 aliphatic carbocycles. The molecule has 7 heterocycles. The number of pyridine rings is 3. The van der Waals surface area contributed by atoms with Gasteiger partial charge >= 0.3 is 54.5 Å². The second-order valence-electron chi connectivity index (χ2n) is 21.4. The number of allylic oxidation sites excluding steroid dienone is 2. The predicted octanol–water partition coefficient (Wildman–Crippen LogP) is 17.3. The van der Waals surface area contributed by atoms with Crippen molar-refractivity contribution in [3.8, 4) is 45.1 Å². The van der Waals surface area contributed by atoms with Crippen molar-refractivity contribution in [2.24, 2.45) is 10.8 Å². The number of hydrogen-bond donors (Lipinski definition) is 1. The first-order valence-corrected chi connectivity index (χ1v) is 28.2. The van der Waals surface area contributed by atoms with Crippen LogP contribution in [0.1, 0.15) is 58.2 Å². The van der Waals surface area contributed by atoms with Gasteiger partial charge in [0.2, 0.25) is 0 Å². The molecule has 544 valence electrons. The van der Waals surface area contributed by atoms with Gasteiger partial charge in [-0.15, -0.1) is 66.2 Å². The number of aromatic nitrogens is 11. The summed E-state index contributed by atoms with van der Waals surface area (Å²) in [6.45, 7) is 12.8. The third-order valence-corrected chi connectivity index (χ3v) is 11.8. The van der Waals surface area contributed by atoms with Crippen molar-refractivity contribution in [3.63, 3.8) is 0 Å². The van der Waals surface area contributed by atoms with Crippen molar-refractivity contribution in [1.29, 1.82) is 0 Å². The summed E-state index contributed by atoms with van der Waals surface area (Å²) >= 11 is 0. The Balaban J connectivity index is 0.00000115. The first kappa shape index (κ1) is 93.1. The SMILES string of the molecule is CC(C)(C)C(=O)C=C(O)C(C)(C)C.Cc1ccnc(-c2[c-]c(C(F)(F)F)cc(C(F)(F)F)c2)c1.Fc1c[c-]c(-c2ccccn2)c(F)c1.Fc1c[c-]c(-c2ccccn2)c(F)c1.Fc1c[c-]c(-n2cccn2)c(F)c1.[Ir].[Ir].[Pt+2].[Pt+2].[Pt].[c-]1ccccc1-n1cccn1.c1cn[n-]c1.c1cn[n-]c1. The van der Waals surface area contributed by atoms with Crippen LogP contribution >= 0.6 is 0 Å². The van der Waals surface area contributed by atoms with Crippen molar-refractivity contribution < 1.29 is 166 Å². The molecule has 0 saturated carbocycles. The first-order chi connectivity index (χ1) is 45.4. The molecule has 13 nitrogen and oxygen atoms in total. The number of alkyl halides is 6. The van der Waals surface area contributed by atoms with Gasteiger partial charge in [-0.25, -0.2) is 0 Å². The third-order valence-electron chi connectivity index (χ3n) is 11.8. The molecule has 0 aliphatic rings. The van der Waals surface area contributed by atoms with Crippen LogP contribution in [0.15, 0.2) is 226 Å². The molecule has 0 aliphatic heterocycles. The molecule has 0 unspecified atom stereocenters. The molecule has 101 heavy (non-hydrogen) atoms. The molecule has 0 saturated heterocycles. The maximum atomic E-state index is 13.2. The summed E-state index contributed by atoms with van der Waals surface area (Å²) in [5, 5.41) is 31.3. The van der Waals surface area contributed by atoms with Gasteiger partial charge in [0, 0.05) is 169 Å². The van der Waals surface area contributed by atoms with E-state index in [-0.39, 0.29) is 155 Å². The third kappa shape index (κ3) is 33.6. The molecule has 12 aromatic rings. The van der Waals surface area contributed by atoms with Gasteiger partial charge in [0.05, 0.1) is 0 Å². The number of benzene rings is 5. The van der Waals surface area contributed by atoms with Crippen LogP contribution in [0.4, 0.5) is 52.7 Å².